The first-order valence-corrected chi connectivity index (χ1v) is 11.5. The Hall–Kier alpha value is -4.89. The van der Waals surface area contributed by atoms with Gasteiger partial charge in [-0.15, -0.1) is 0 Å². The Morgan fingerprint density at radius 1 is 0.278 bits per heavy atom. The molecule has 0 aromatic heterocycles. The quantitative estimate of drug-likeness (QED) is 0.187. The Labute approximate surface area is 210 Å². The van der Waals surface area contributed by atoms with Crippen LogP contribution >= 0.6 is 0 Å². The molecule has 0 saturated heterocycles. The van der Waals surface area contributed by atoms with Crippen LogP contribution < -0.4 is 0 Å². The van der Waals surface area contributed by atoms with Gasteiger partial charge in [-0.2, -0.15) is 0 Å². The minimum Gasteiger partial charge on any atom is -0.298 e. The number of aldehydes is 3. The van der Waals surface area contributed by atoms with Crippen molar-refractivity contribution in [2.75, 3.05) is 0 Å². The fraction of sp³-hybridized carbons (Fsp3) is 0. The molecular weight excluding hydrogens is 444 g/mol. The SMILES string of the molecule is O=Cc1ccc(/C=C/c2cc(/C=C/c3ccc(C=O)cc3)cc(/C=C/c3ccc(C=O)cc3)c2)cc1. The summed E-state index contributed by atoms with van der Waals surface area (Å²) >= 11 is 0. The van der Waals surface area contributed by atoms with E-state index in [1.165, 1.54) is 0 Å². The molecule has 0 aliphatic carbocycles. The van der Waals surface area contributed by atoms with Crippen LogP contribution in [0.25, 0.3) is 36.5 Å². The number of carbonyl (C=O) groups is 3. The maximum atomic E-state index is 10.9. The van der Waals surface area contributed by atoms with Crippen LogP contribution in [0, 0.1) is 0 Å². The van der Waals surface area contributed by atoms with Crippen LogP contribution in [0.5, 0.6) is 0 Å². The molecule has 0 N–H and O–H groups in total. The summed E-state index contributed by atoms with van der Waals surface area (Å²) in [4.78, 5) is 32.7. The van der Waals surface area contributed by atoms with Crippen molar-refractivity contribution >= 4 is 55.3 Å². The summed E-state index contributed by atoms with van der Waals surface area (Å²) in [6, 6.07) is 28.6. The van der Waals surface area contributed by atoms with E-state index in [1.54, 1.807) is 36.4 Å². The van der Waals surface area contributed by atoms with Gasteiger partial charge in [0.25, 0.3) is 0 Å². The van der Waals surface area contributed by atoms with Gasteiger partial charge in [0.1, 0.15) is 18.9 Å². The predicted molar refractivity (Wildman–Crippen MR) is 149 cm³/mol. The highest BCUT2D eigenvalue weighted by atomic mass is 16.1. The smallest absolute Gasteiger partial charge is 0.150 e. The monoisotopic (exact) mass is 468 g/mol. The topological polar surface area (TPSA) is 51.2 Å². The molecule has 0 fully saturated rings. The largest absolute Gasteiger partial charge is 0.298 e. The van der Waals surface area contributed by atoms with E-state index in [9.17, 15) is 14.4 Å². The van der Waals surface area contributed by atoms with Gasteiger partial charge in [0.2, 0.25) is 0 Å². The van der Waals surface area contributed by atoms with Gasteiger partial charge < -0.3 is 0 Å². The van der Waals surface area contributed by atoms with E-state index in [2.05, 4.69) is 18.2 Å². The molecule has 174 valence electrons. The zero-order chi connectivity index (χ0) is 25.2. The fourth-order valence-electron chi connectivity index (χ4n) is 3.63. The van der Waals surface area contributed by atoms with E-state index in [4.69, 9.17) is 0 Å². The molecule has 0 atom stereocenters. The molecule has 0 aliphatic heterocycles. The maximum absolute atomic E-state index is 10.9. The minimum absolute atomic E-state index is 0.647. The average Bonchev–Trinajstić information content (AvgIpc) is 2.94. The third-order valence-corrected chi connectivity index (χ3v) is 5.62. The highest BCUT2D eigenvalue weighted by Gasteiger charge is 1.98. The highest BCUT2D eigenvalue weighted by Crippen LogP contribution is 2.19. The van der Waals surface area contributed by atoms with Crippen molar-refractivity contribution in [1.29, 1.82) is 0 Å². The van der Waals surface area contributed by atoms with E-state index in [0.717, 1.165) is 52.2 Å². The number of rotatable bonds is 9. The molecule has 4 aromatic rings. The van der Waals surface area contributed by atoms with Gasteiger partial charge in [0, 0.05) is 16.7 Å². The van der Waals surface area contributed by atoms with Crippen LogP contribution in [0.2, 0.25) is 0 Å². The summed E-state index contributed by atoms with van der Waals surface area (Å²) < 4.78 is 0. The number of benzene rings is 4. The van der Waals surface area contributed by atoms with Crippen molar-refractivity contribution < 1.29 is 14.4 Å². The molecule has 4 rings (SSSR count). The molecular formula is C33H24O3. The number of carbonyl (C=O) groups excluding carboxylic acids is 3. The standard InChI is InChI=1S/C33H24O3/c34-22-28-10-1-25(2-11-28)7-16-31-19-32(17-8-26-3-12-29(23-35)13-4-26)21-33(20-31)18-9-27-5-14-30(24-36)15-6-27/h1-24H/b16-7+,17-8+,18-9+. The Balaban J connectivity index is 1.63. The van der Waals surface area contributed by atoms with E-state index in [1.807, 2.05) is 72.9 Å². The van der Waals surface area contributed by atoms with Gasteiger partial charge in [0.05, 0.1) is 0 Å². The van der Waals surface area contributed by atoms with Crippen molar-refractivity contribution in [3.8, 4) is 0 Å². The average molecular weight is 469 g/mol. The van der Waals surface area contributed by atoms with Gasteiger partial charge in [-0.05, 0) is 51.6 Å². The fourth-order valence-corrected chi connectivity index (χ4v) is 3.63. The number of hydrogen-bond acceptors (Lipinski definition) is 3. The van der Waals surface area contributed by atoms with Crippen LogP contribution in [0.4, 0.5) is 0 Å². The first kappa shape index (κ1) is 24.2. The van der Waals surface area contributed by atoms with Crippen LogP contribution in [-0.2, 0) is 0 Å². The lowest BCUT2D eigenvalue weighted by molar-refractivity contribution is 0.111. The molecule has 0 aliphatic rings. The summed E-state index contributed by atoms with van der Waals surface area (Å²) in [5.41, 5.74) is 8.05. The predicted octanol–water partition coefficient (Wildman–Crippen LogP) is 7.64. The van der Waals surface area contributed by atoms with Gasteiger partial charge in [-0.3, -0.25) is 14.4 Å². The molecule has 0 heterocycles. The van der Waals surface area contributed by atoms with E-state index < -0.39 is 0 Å². The molecule has 0 saturated carbocycles. The van der Waals surface area contributed by atoms with Crippen LogP contribution in [-0.4, -0.2) is 18.9 Å². The summed E-state index contributed by atoms with van der Waals surface area (Å²) in [6.07, 6.45) is 14.7. The summed E-state index contributed by atoms with van der Waals surface area (Å²) in [7, 11) is 0. The molecule has 0 amide bonds. The Kier molecular flexibility index (Phi) is 8.08. The van der Waals surface area contributed by atoms with Gasteiger partial charge >= 0.3 is 0 Å². The maximum Gasteiger partial charge on any atom is 0.150 e. The molecule has 3 heteroatoms. The van der Waals surface area contributed by atoms with E-state index in [0.29, 0.717) is 16.7 Å². The zero-order valence-corrected chi connectivity index (χ0v) is 19.6. The van der Waals surface area contributed by atoms with Crippen molar-refractivity contribution in [3.63, 3.8) is 0 Å². The molecule has 0 unspecified atom stereocenters. The van der Waals surface area contributed by atoms with Crippen LogP contribution in [0.15, 0.2) is 91.0 Å². The normalized spacial score (nSPS) is 11.3. The van der Waals surface area contributed by atoms with Gasteiger partial charge in [-0.25, -0.2) is 0 Å². The second-order valence-corrected chi connectivity index (χ2v) is 8.29. The Morgan fingerprint density at radius 2 is 0.472 bits per heavy atom. The lowest BCUT2D eigenvalue weighted by Gasteiger charge is -2.03. The minimum atomic E-state index is 0.647. The summed E-state index contributed by atoms with van der Waals surface area (Å²) in [6.45, 7) is 0. The van der Waals surface area contributed by atoms with Crippen molar-refractivity contribution in [3.05, 3.63) is 141 Å². The van der Waals surface area contributed by atoms with Crippen molar-refractivity contribution in [1.82, 2.24) is 0 Å². The molecule has 0 bridgehead atoms. The molecule has 0 spiro atoms. The van der Waals surface area contributed by atoms with Crippen molar-refractivity contribution in [2.45, 2.75) is 0 Å². The Bertz CT molecular complexity index is 1240. The lowest BCUT2D eigenvalue weighted by atomic mass is 10.0. The zero-order valence-electron chi connectivity index (χ0n) is 19.6. The molecule has 36 heavy (non-hydrogen) atoms. The van der Waals surface area contributed by atoms with Crippen molar-refractivity contribution in [2.24, 2.45) is 0 Å². The third-order valence-electron chi connectivity index (χ3n) is 5.62. The molecule has 3 nitrogen and oxygen atoms in total. The lowest BCUT2D eigenvalue weighted by Crippen LogP contribution is -1.83. The first-order valence-electron chi connectivity index (χ1n) is 11.5. The number of hydrogen-bond donors (Lipinski definition) is 0. The second kappa shape index (κ2) is 12.0. The molecule has 4 aromatic carbocycles. The first-order chi connectivity index (χ1) is 17.6. The highest BCUT2D eigenvalue weighted by molar-refractivity contribution is 5.81. The summed E-state index contributed by atoms with van der Waals surface area (Å²) in [5, 5.41) is 0. The van der Waals surface area contributed by atoms with E-state index in [-0.39, 0.29) is 0 Å². The van der Waals surface area contributed by atoms with Gasteiger partial charge in [0.15, 0.2) is 0 Å². The van der Waals surface area contributed by atoms with Gasteiger partial charge in [-0.1, -0.05) is 109 Å². The van der Waals surface area contributed by atoms with Crippen LogP contribution in [0.1, 0.15) is 64.5 Å². The van der Waals surface area contributed by atoms with E-state index >= 15 is 0 Å². The molecule has 0 radical (unpaired) electrons. The third kappa shape index (κ3) is 6.81. The second-order valence-electron chi connectivity index (χ2n) is 8.29. The Morgan fingerprint density at radius 3 is 0.694 bits per heavy atom. The van der Waals surface area contributed by atoms with Crippen LogP contribution in [0.3, 0.4) is 0 Å². The summed E-state index contributed by atoms with van der Waals surface area (Å²) in [5.74, 6) is 0.